The Labute approximate surface area is 103 Å². The van der Waals surface area contributed by atoms with Crippen LogP contribution in [0.3, 0.4) is 0 Å². The van der Waals surface area contributed by atoms with Gasteiger partial charge in [0, 0.05) is 17.6 Å². The van der Waals surface area contributed by atoms with E-state index >= 15 is 0 Å². The molecule has 2 N–H and O–H groups in total. The minimum Gasteiger partial charge on any atom is -0.392 e. The van der Waals surface area contributed by atoms with Gasteiger partial charge in [-0.2, -0.15) is 0 Å². The van der Waals surface area contributed by atoms with Crippen molar-refractivity contribution in [3.8, 4) is 0 Å². The maximum atomic E-state index is 9.22. The third kappa shape index (κ3) is 3.48. The van der Waals surface area contributed by atoms with Gasteiger partial charge in [0.25, 0.3) is 0 Å². The lowest BCUT2D eigenvalue weighted by atomic mass is 10.0. The van der Waals surface area contributed by atoms with Gasteiger partial charge in [-0.15, -0.1) is 0 Å². The maximum absolute atomic E-state index is 9.22. The number of halogens is 1. The van der Waals surface area contributed by atoms with E-state index in [-0.39, 0.29) is 12.1 Å². The maximum Gasteiger partial charge on any atom is 0.0636 e. The molecular formula is C13H20ClNO. The molecule has 1 aromatic rings. The third-order valence-electron chi connectivity index (χ3n) is 2.80. The number of benzene rings is 1. The smallest absolute Gasteiger partial charge is 0.0636 e. The van der Waals surface area contributed by atoms with Crippen molar-refractivity contribution in [2.75, 3.05) is 6.54 Å². The number of aliphatic hydroxyl groups excluding tert-OH is 1. The quantitative estimate of drug-likeness (QED) is 0.850. The normalized spacial score (nSPS) is 14.9. The van der Waals surface area contributed by atoms with Gasteiger partial charge in [-0.05, 0) is 50.5 Å². The van der Waals surface area contributed by atoms with Gasteiger partial charge < -0.3 is 10.4 Å². The SMILES string of the molecule is Cc1cc(Cl)c(C(C)NC[C@H](C)O)cc1C. The van der Waals surface area contributed by atoms with Crippen molar-refractivity contribution < 1.29 is 5.11 Å². The summed E-state index contributed by atoms with van der Waals surface area (Å²) in [6.07, 6.45) is -0.340. The molecule has 0 fully saturated rings. The van der Waals surface area contributed by atoms with Crippen LogP contribution in [0.15, 0.2) is 12.1 Å². The highest BCUT2D eigenvalue weighted by Crippen LogP contribution is 2.26. The molecule has 0 aliphatic carbocycles. The summed E-state index contributed by atoms with van der Waals surface area (Å²) in [5, 5.41) is 13.3. The van der Waals surface area contributed by atoms with Crippen molar-refractivity contribution in [3.63, 3.8) is 0 Å². The molecule has 0 amide bonds. The number of aliphatic hydroxyl groups is 1. The van der Waals surface area contributed by atoms with Crippen LogP contribution in [-0.4, -0.2) is 17.8 Å². The van der Waals surface area contributed by atoms with Gasteiger partial charge in [0.1, 0.15) is 0 Å². The molecule has 1 unspecified atom stereocenters. The van der Waals surface area contributed by atoms with Crippen LogP contribution in [0, 0.1) is 13.8 Å². The van der Waals surface area contributed by atoms with Crippen molar-refractivity contribution in [2.45, 2.75) is 39.8 Å². The monoisotopic (exact) mass is 241 g/mol. The van der Waals surface area contributed by atoms with Crippen LogP contribution < -0.4 is 5.32 Å². The Balaban J connectivity index is 2.82. The van der Waals surface area contributed by atoms with Crippen molar-refractivity contribution in [3.05, 3.63) is 33.8 Å². The predicted octanol–water partition coefficient (Wildman–Crippen LogP) is 2.99. The van der Waals surface area contributed by atoms with Gasteiger partial charge in [-0.25, -0.2) is 0 Å². The van der Waals surface area contributed by atoms with E-state index in [4.69, 9.17) is 11.6 Å². The molecular weight excluding hydrogens is 222 g/mol. The van der Waals surface area contributed by atoms with Crippen LogP contribution in [0.5, 0.6) is 0 Å². The minimum absolute atomic E-state index is 0.154. The van der Waals surface area contributed by atoms with Crippen molar-refractivity contribution in [1.29, 1.82) is 0 Å². The van der Waals surface area contributed by atoms with Gasteiger partial charge in [-0.3, -0.25) is 0 Å². The lowest BCUT2D eigenvalue weighted by molar-refractivity contribution is 0.187. The van der Waals surface area contributed by atoms with Gasteiger partial charge in [0.05, 0.1) is 6.10 Å². The molecule has 0 aromatic heterocycles. The van der Waals surface area contributed by atoms with Gasteiger partial charge in [-0.1, -0.05) is 17.7 Å². The number of aryl methyl sites for hydroxylation is 2. The van der Waals surface area contributed by atoms with Crippen molar-refractivity contribution in [2.24, 2.45) is 0 Å². The van der Waals surface area contributed by atoms with Gasteiger partial charge in [0.15, 0.2) is 0 Å². The topological polar surface area (TPSA) is 32.3 Å². The first-order valence-electron chi connectivity index (χ1n) is 5.60. The second-order valence-electron chi connectivity index (χ2n) is 4.44. The molecule has 0 spiro atoms. The van der Waals surface area contributed by atoms with Crippen LogP contribution in [-0.2, 0) is 0 Å². The van der Waals surface area contributed by atoms with Crippen LogP contribution in [0.2, 0.25) is 5.02 Å². The Morgan fingerprint density at radius 3 is 2.38 bits per heavy atom. The summed E-state index contributed by atoms with van der Waals surface area (Å²) >= 11 is 6.21. The predicted molar refractivity (Wildman–Crippen MR) is 69.0 cm³/mol. The number of nitrogens with one attached hydrogen (secondary N) is 1. The summed E-state index contributed by atoms with van der Waals surface area (Å²) in [7, 11) is 0. The second-order valence-corrected chi connectivity index (χ2v) is 4.84. The Hall–Kier alpha value is -0.570. The molecule has 90 valence electrons. The summed E-state index contributed by atoms with van der Waals surface area (Å²) in [5.74, 6) is 0. The standard InChI is InChI=1S/C13H20ClNO/c1-8-5-12(13(14)6-9(8)2)11(4)15-7-10(3)16/h5-6,10-11,15-16H,7H2,1-4H3/t10-,11?/m0/s1. The summed E-state index contributed by atoms with van der Waals surface area (Å²) in [5.41, 5.74) is 3.53. The molecule has 0 heterocycles. The average molecular weight is 242 g/mol. The van der Waals surface area contributed by atoms with E-state index in [0.29, 0.717) is 6.54 Å². The summed E-state index contributed by atoms with van der Waals surface area (Å²) in [6, 6.07) is 4.26. The van der Waals surface area contributed by atoms with E-state index in [2.05, 4.69) is 32.2 Å². The van der Waals surface area contributed by atoms with Crippen LogP contribution in [0.4, 0.5) is 0 Å². The molecule has 0 radical (unpaired) electrons. The van der Waals surface area contributed by atoms with E-state index in [1.54, 1.807) is 6.92 Å². The molecule has 1 rings (SSSR count). The fourth-order valence-electron chi connectivity index (χ4n) is 1.59. The fourth-order valence-corrected chi connectivity index (χ4v) is 1.97. The third-order valence-corrected chi connectivity index (χ3v) is 3.13. The average Bonchev–Trinajstić information content (AvgIpc) is 2.20. The highest BCUT2D eigenvalue weighted by molar-refractivity contribution is 6.31. The first-order valence-corrected chi connectivity index (χ1v) is 5.97. The molecule has 3 heteroatoms. The Kier molecular flexibility index (Phi) is 4.78. The minimum atomic E-state index is -0.340. The van der Waals surface area contributed by atoms with Crippen LogP contribution in [0.1, 0.15) is 36.6 Å². The highest BCUT2D eigenvalue weighted by atomic mass is 35.5. The van der Waals surface area contributed by atoms with E-state index in [1.165, 1.54) is 11.1 Å². The van der Waals surface area contributed by atoms with Crippen molar-refractivity contribution in [1.82, 2.24) is 5.32 Å². The summed E-state index contributed by atoms with van der Waals surface area (Å²) in [6.45, 7) is 8.53. The van der Waals surface area contributed by atoms with E-state index < -0.39 is 0 Å². The summed E-state index contributed by atoms with van der Waals surface area (Å²) < 4.78 is 0. The number of hydrogen-bond acceptors (Lipinski definition) is 2. The fraction of sp³-hybridized carbons (Fsp3) is 0.538. The molecule has 2 atom stereocenters. The Morgan fingerprint density at radius 2 is 1.81 bits per heavy atom. The lowest BCUT2D eigenvalue weighted by Gasteiger charge is -2.18. The van der Waals surface area contributed by atoms with Crippen molar-refractivity contribution >= 4 is 11.6 Å². The molecule has 0 aliphatic rings. The number of rotatable bonds is 4. The van der Waals surface area contributed by atoms with Gasteiger partial charge >= 0.3 is 0 Å². The zero-order valence-corrected chi connectivity index (χ0v) is 11.1. The lowest BCUT2D eigenvalue weighted by Crippen LogP contribution is -2.27. The largest absolute Gasteiger partial charge is 0.392 e. The molecule has 0 saturated heterocycles. The first-order chi connectivity index (χ1) is 7.41. The zero-order valence-electron chi connectivity index (χ0n) is 10.3. The van der Waals surface area contributed by atoms with Crippen LogP contribution >= 0.6 is 11.6 Å². The van der Waals surface area contributed by atoms with Crippen LogP contribution in [0.25, 0.3) is 0 Å². The Morgan fingerprint density at radius 1 is 1.25 bits per heavy atom. The molecule has 0 bridgehead atoms. The first kappa shape index (κ1) is 13.5. The van der Waals surface area contributed by atoms with E-state index in [1.807, 2.05) is 6.07 Å². The van der Waals surface area contributed by atoms with Gasteiger partial charge in [0.2, 0.25) is 0 Å². The zero-order chi connectivity index (χ0) is 12.3. The molecule has 0 saturated carbocycles. The molecule has 0 aliphatic heterocycles. The van der Waals surface area contributed by atoms with E-state index in [9.17, 15) is 5.11 Å². The number of hydrogen-bond donors (Lipinski definition) is 2. The highest BCUT2D eigenvalue weighted by Gasteiger charge is 2.11. The van der Waals surface area contributed by atoms with E-state index in [0.717, 1.165) is 10.6 Å². The summed E-state index contributed by atoms with van der Waals surface area (Å²) in [4.78, 5) is 0. The molecule has 2 nitrogen and oxygen atoms in total. The molecule has 1 aromatic carbocycles. The second kappa shape index (κ2) is 5.67. The molecule has 16 heavy (non-hydrogen) atoms. The Bertz CT molecular complexity index is 363.